The summed E-state index contributed by atoms with van der Waals surface area (Å²) in [7, 11) is 1.48. The van der Waals surface area contributed by atoms with Crippen LogP contribution >= 0.6 is 23.7 Å². The first-order chi connectivity index (χ1) is 10.0. The van der Waals surface area contributed by atoms with Crippen LogP contribution in [-0.2, 0) is 9.53 Å². The van der Waals surface area contributed by atoms with E-state index in [9.17, 15) is 9.18 Å². The number of rotatable bonds is 5. The molecule has 0 aliphatic heterocycles. The number of amides is 1. The number of anilines is 1. The Morgan fingerprint density at radius 3 is 2.91 bits per heavy atom. The highest BCUT2D eigenvalue weighted by atomic mass is 35.5. The second kappa shape index (κ2) is 8.19. The molecule has 0 fully saturated rings. The van der Waals surface area contributed by atoms with E-state index in [-0.39, 0.29) is 30.7 Å². The van der Waals surface area contributed by atoms with Gasteiger partial charge < -0.3 is 15.8 Å². The Morgan fingerprint density at radius 1 is 1.55 bits per heavy atom. The summed E-state index contributed by atoms with van der Waals surface area (Å²) in [5.74, 6) is -0.610. The number of nitrogens with two attached hydrogens (primary N) is 1. The highest BCUT2D eigenvalue weighted by Gasteiger charge is 2.15. The van der Waals surface area contributed by atoms with Crippen molar-refractivity contribution in [3.05, 3.63) is 35.0 Å². The lowest BCUT2D eigenvalue weighted by Gasteiger charge is -2.08. The van der Waals surface area contributed by atoms with Gasteiger partial charge in [-0.1, -0.05) is 0 Å². The number of carbonyl (C=O) groups excluding carboxylic acids is 1. The molecule has 0 aliphatic carbocycles. The molecule has 1 heterocycles. The maximum absolute atomic E-state index is 13.3. The first-order valence-electron chi connectivity index (χ1n) is 6.28. The summed E-state index contributed by atoms with van der Waals surface area (Å²) in [5.41, 5.74) is 7.65. The monoisotopic (exact) mass is 345 g/mol. The van der Waals surface area contributed by atoms with Gasteiger partial charge in [-0.15, -0.1) is 23.7 Å². The Labute approximate surface area is 138 Å². The fourth-order valence-electron chi connectivity index (χ4n) is 1.72. The minimum absolute atomic E-state index is 0. The van der Waals surface area contributed by atoms with Crippen LogP contribution in [0.1, 0.15) is 5.56 Å². The van der Waals surface area contributed by atoms with Crippen molar-refractivity contribution >= 4 is 34.8 Å². The summed E-state index contributed by atoms with van der Waals surface area (Å²) in [4.78, 5) is 16.0. The van der Waals surface area contributed by atoms with Gasteiger partial charge in [-0.25, -0.2) is 9.37 Å². The van der Waals surface area contributed by atoms with Gasteiger partial charge in [-0.3, -0.25) is 4.79 Å². The van der Waals surface area contributed by atoms with Crippen LogP contribution in [0.4, 0.5) is 9.52 Å². The SMILES string of the molecule is COCC(N)C(=O)Nc1nc(-c2ccc(F)c(C)c2)cs1.Cl. The van der Waals surface area contributed by atoms with Crippen molar-refractivity contribution < 1.29 is 13.9 Å². The number of hydrogen-bond donors (Lipinski definition) is 2. The number of hydrogen-bond acceptors (Lipinski definition) is 5. The lowest BCUT2D eigenvalue weighted by molar-refractivity contribution is -0.118. The molecule has 0 aliphatic rings. The molecule has 2 aromatic rings. The lowest BCUT2D eigenvalue weighted by atomic mass is 10.1. The molecule has 0 spiro atoms. The predicted molar refractivity (Wildman–Crippen MR) is 88.0 cm³/mol. The van der Waals surface area contributed by atoms with Gasteiger partial charge in [0.25, 0.3) is 0 Å². The van der Waals surface area contributed by atoms with Gasteiger partial charge in [0.1, 0.15) is 11.9 Å². The number of nitrogens with zero attached hydrogens (tertiary/aromatic N) is 1. The molecule has 0 bridgehead atoms. The number of aryl methyl sites for hydroxylation is 1. The molecular formula is C14H17ClFN3O2S. The van der Waals surface area contributed by atoms with Crippen LogP contribution < -0.4 is 11.1 Å². The molecule has 0 saturated heterocycles. The zero-order valence-corrected chi connectivity index (χ0v) is 13.8. The third-order valence-corrected chi connectivity index (χ3v) is 3.63. The molecule has 3 N–H and O–H groups in total. The molecule has 1 amide bonds. The number of benzene rings is 1. The van der Waals surface area contributed by atoms with Gasteiger partial charge >= 0.3 is 0 Å². The Kier molecular flexibility index (Phi) is 6.89. The number of carbonyl (C=O) groups is 1. The largest absolute Gasteiger partial charge is 0.383 e. The van der Waals surface area contributed by atoms with E-state index in [4.69, 9.17) is 10.5 Å². The van der Waals surface area contributed by atoms with Crippen molar-refractivity contribution in [2.75, 3.05) is 19.0 Å². The van der Waals surface area contributed by atoms with E-state index >= 15 is 0 Å². The molecule has 22 heavy (non-hydrogen) atoms. The van der Waals surface area contributed by atoms with E-state index in [0.717, 1.165) is 5.56 Å². The number of halogens is 2. The number of methoxy groups -OCH3 is 1. The fourth-order valence-corrected chi connectivity index (χ4v) is 2.44. The Balaban J connectivity index is 0.00000242. The Bertz CT molecular complexity index is 651. The van der Waals surface area contributed by atoms with Crippen molar-refractivity contribution in [2.24, 2.45) is 5.73 Å². The van der Waals surface area contributed by atoms with Crippen molar-refractivity contribution in [1.29, 1.82) is 0 Å². The summed E-state index contributed by atoms with van der Waals surface area (Å²) >= 11 is 1.29. The molecule has 2 rings (SSSR count). The quantitative estimate of drug-likeness (QED) is 0.873. The summed E-state index contributed by atoms with van der Waals surface area (Å²) in [6, 6.07) is 4.03. The average Bonchev–Trinajstić information content (AvgIpc) is 2.90. The van der Waals surface area contributed by atoms with E-state index < -0.39 is 6.04 Å². The highest BCUT2D eigenvalue weighted by Crippen LogP contribution is 2.26. The van der Waals surface area contributed by atoms with E-state index in [2.05, 4.69) is 10.3 Å². The van der Waals surface area contributed by atoms with Crippen LogP contribution in [0.25, 0.3) is 11.3 Å². The van der Waals surface area contributed by atoms with Crippen LogP contribution in [0.15, 0.2) is 23.6 Å². The van der Waals surface area contributed by atoms with Crippen LogP contribution in [0.5, 0.6) is 0 Å². The normalized spacial score (nSPS) is 11.6. The third-order valence-electron chi connectivity index (χ3n) is 2.87. The fraction of sp³-hybridized carbons (Fsp3) is 0.286. The van der Waals surface area contributed by atoms with Gasteiger partial charge in [0.2, 0.25) is 5.91 Å². The van der Waals surface area contributed by atoms with Gasteiger partial charge in [-0.2, -0.15) is 0 Å². The maximum atomic E-state index is 13.3. The molecule has 1 atom stereocenters. The lowest BCUT2D eigenvalue weighted by Crippen LogP contribution is -2.39. The predicted octanol–water partition coefficient (Wildman–Crippen LogP) is 2.59. The highest BCUT2D eigenvalue weighted by molar-refractivity contribution is 7.14. The van der Waals surface area contributed by atoms with Crippen molar-refractivity contribution in [3.8, 4) is 11.3 Å². The number of nitrogens with one attached hydrogen (secondary N) is 1. The van der Waals surface area contributed by atoms with Crippen molar-refractivity contribution in [1.82, 2.24) is 4.98 Å². The molecule has 1 aromatic carbocycles. The number of thiazole rings is 1. The molecule has 8 heteroatoms. The third kappa shape index (κ3) is 4.48. The smallest absolute Gasteiger partial charge is 0.245 e. The minimum atomic E-state index is -0.740. The molecule has 5 nitrogen and oxygen atoms in total. The summed E-state index contributed by atoms with van der Waals surface area (Å²) in [6.07, 6.45) is 0. The van der Waals surface area contributed by atoms with Crippen LogP contribution in [0.2, 0.25) is 0 Å². The van der Waals surface area contributed by atoms with Crippen LogP contribution in [0, 0.1) is 12.7 Å². The molecule has 0 saturated carbocycles. The van der Waals surface area contributed by atoms with E-state index in [1.54, 1.807) is 24.4 Å². The van der Waals surface area contributed by atoms with Crippen LogP contribution in [0.3, 0.4) is 0 Å². The van der Waals surface area contributed by atoms with E-state index in [1.165, 1.54) is 24.5 Å². The average molecular weight is 346 g/mol. The summed E-state index contributed by atoms with van der Waals surface area (Å²) in [5, 5.41) is 4.88. The Morgan fingerprint density at radius 2 is 2.27 bits per heavy atom. The van der Waals surface area contributed by atoms with Crippen molar-refractivity contribution in [2.45, 2.75) is 13.0 Å². The molecule has 120 valence electrons. The number of ether oxygens (including phenoxy) is 1. The van der Waals surface area contributed by atoms with Crippen molar-refractivity contribution in [3.63, 3.8) is 0 Å². The van der Waals surface area contributed by atoms with Gasteiger partial charge in [-0.05, 0) is 30.7 Å². The standard InChI is InChI=1S/C14H16FN3O2S.ClH/c1-8-5-9(3-4-10(8)15)12-7-21-14(17-12)18-13(19)11(16)6-20-2;/h3-5,7,11H,6,16H2,1-2H3,(H,17,18,19);1H. The summed E-state index contributed by atoms with van der Waals surface area (Å²) in [6.45, 7) is 1.83. The minimum Gasteiger partial charge on any atom is -0.383 e. The topological polar surface area (TPSA) is 77.2 Å². The zero-order valence-electron chi connectivity index (χ0n) is 12.1. The van der Waals surface area contributed by atoms with Gasteiger partial charge in [0.15, 0.2) is 5.13 Å². The Hall–Kier alpha value is -1.54. The van der Waals surface area contributed by atoms with Gasteiger partial charge in [0, 0.05) is 18.1 Å². The zero-order chi connectivity index (χ0) is 15.4. The second-order valence-corrected chi connectivity index (χ2v) is 5.41. The second-order valence-electron chi connectivity index (χ2n) is 4.55. The number of aromatic nitrogens is 1. The summed E-state index contributed by atoms with van der Waals surface area (Å²) < 4.78 is 18.1. The maximum Gasteiger partial charge on any atom is 0.245 e. The van der Waals surface area contributed by atoms with Crippen LogP contribution in [-0.4, -0.2) is 30.6 Å². The first kappa shape index (κ1) is 18.5. The van der Waals surface area contributed by atoms with E-state index in [1.807, 2.05) is 0 Å². The van der Waals surface area contributed by atoms with E-state index in [0.29, 0.717) is 16.4 Å². The first-order valence-corrected chi connectivity index (χ1v) is 7.16. The molecule has 1 aromatic heterocycles. The molecular weight excluding hydrogens is 329 g/mol. The van der Waals surface area contributed by atoms with Gasteiger partial charge in [0.05, 0.1) is 12.3 Å². The molecule has 1 unspecified atom stereocenters. The molecule has 0 radical (unpaired) electrons.